The Bertz CT molecular complexity index is 496. The zero-order chi connectivity index (χ0) is 19.5. The van der Waals surface area contributed by atoms with Crippen molar-refractivity contribution in [3.05, 3.63) is 23.8 Å². The van der Waals surface area contributed by atoms with Crippen molar-refractivity contribution in [1.82, 2.24) is 0 Å². The molecule has 2 aliphatic carbocycles. The predicted octanol–water partition coefficient (Wildman–Crippen LogP) is 8.44. The number of rotatable bonds is 12. The summed E-state index contributed by atoms with van der Waals surface area (Å²) in [6.45, 7) is 21.0. The van der Waals surface area contributed by atoms with Crippen LogP contribution in [0.4, 0.5) is 0 Å². The Morgan fingerprint density at radius 2 is 1.85 bits per heavy atom. The third-order valence-electron chi connectivity index (χ3n) is 7.83. The van der Waals surface area contributed by atoms with Gasteiger partial charge in [-0.3, -0.25) is 0 Å². The Balaban J connectivity index is 1.99. The second-order valence-corrected chi connectivity index (χ2v) is 10.5. The molecule has 6 unspecified atom stereocenters. The second-order valence-electron chi connectivity index (χ2n) is 10.5. The van der Waals surface area contributed by atoms with Gasteiger partial charge in [-0.05, 0) is 80.0 Å². The van der Waals surface area contributed by atoms with E-state index in [9.17, 15) is 0 Å². The van der Waals surface area contributed by atoms with Crippen LogP contribution in [-0.2, 0) is 0 Å². The van der Waals surface area contributed by atoms with Gasteiger partial charge in [0.1, 0.15) is 0 Å². The van der Waals surface area contributed by atoms with Gasteiger partial charge in [-0.15, -0.1) is 6.58 Å². The molecule has 0 radical (unpaired) electrons. The van der Waals surface area contributed by atoms with Crippen LogP contribution >= 0.6 is 0 Å². The lowest BCUT2D eigenvalue weighted by Crippen LogP contribution is -2.19. The monoisotopic (exact) mass is 358 g/mol. The molecule has 2 fully saturated rings. The Kier molecular flexibility index (Phi) is 7.63. The third-order valence-corrected chi connectivity index (χ3v) is 7.83. The second kappa shape index (κ2) is 9.11. The normalized spacial score (nSPS) is 33.2. The Hall–Kier alpha value is -0.520. The average molecular weight is 359 g/mol. The molecule has 150 valence electrons. The molecule has 6 atom stereocenters. The average Bonchev–Trinajstić information content (AvgIpc) is 3.46. The summed E-state index contributed by atoms with van der Waals surface area (Å²) in [5, 5.41) is 0. The van der Waals surface area contributed by atoms with Gasteiger partial charge < -0.3 is 0 Å². The van der Waals surface area contributed by atoms with Gasteiger partial charge in [-0.2, -0.15) is 0 Å². The van der Waals surface area contributed by atoms with Crippen molar-refractivity contribution in [2.45, 2.75) is 99.8 Å². The highest BCUT2D eigenvalue weighted by molar-refractivity contribution is 5.21. The van der Waals surface area contributed by atoms with Crippen LogP contribution < -0.4 is 0 Å². The Morgan fingerprint density at radius 1 is 1.15 bits per heavy atom. The van der Waals surface area contributed by atoms with Gasteiger partial charge >= 0.3 is 0 Å². The summed E-state index contributed by atoms with van der Waals surface area (Å²) in [5.41, 5.74) is 3.76. The van der Waals surface area contributed by atoms with E-state index in [4.69, 9.17) is 0 Å². The molecule has 0 amide bonds. The minimum absolute atomic E-state index is 0.581. The largest absolute Gasteiger partial charge is 0.100 e. The molecular formula is C26H46. The molecule has 0 saturated heterocycles. The Labute approximate surface area is 164 Å². The van der Waals surface area contributed by atoms with Gasteiger partial charge in [0.25, 0.3) is 0 Å². The molecule has 2 aliphatic rings. The maximum Gasteiger partial charge on any atom is -0.0169 e. The van der Waals surface area contributed by atoms with Crippen molar-refractivity contribution >= 4 is 0 Å². The fourth-order valence-electron chi connectivity index (χ4n) is 5.46. The van der Waals surface area contributed by atoms with E-state index in [0.29, 0.717) is 5.41 Å². The smallest absolute Gasteiger partial charge is 0.0169 e. The lowest BCUT2D eigenvalue weighted by Gasteiger charge is -2.26. The molecule has 0 aromatic heterocycles. The lowest BCUT2D eigenvalue weighted by atomic mass is 9.79. The molecule has 0 N–H and O–H groups in total. The van der Waals surface area contributed by atoms with Gasteiger partial charge in [0.15, 0.2) is 0 Å². The lowest BCUT2D eigenvalue weighted by molar-refractivity contribution is 0.241. The molecule has 0 aromatic rings. The highest BCUT2D eigenvalue weighted by atomic mass is 14.6. The zero-order valence-corrected chi connectivity index (χ0v) is 18.9. The van der Waals surface area contributed by atoms with Crippen LogP contribution in [0.15, 0.2) is 23.8 Å². The van der Waals surface area contributed by atoms with Crippen LogP contribution in [-0.4, -0.2) is 0 Å². The first-order valence-corrected chi connectivity index (χ1v) is 11.6. The molecule has 0 spiro atoms. The fourth-order valence-corrected chi connectivity index (χ4v) is 5.46. The van der Waals surface area contributed by atoms with Crippen molar-refractivity contribution in [3.8, 4) is 0 Å². The van der Waals surface area contributed by atoms with E-state index in [2.05, 4.69) is 61.1 Å². The first kappa shape index (κ1) is 21.8. The van der Waals surface area contributed by atoms with Crippen LogP contribution in [0, 0.1) is 40.9 Å². The van der Waals surface area contributed by atoms with Gasteiger partial charge in [0.05, 0.1) is 0 Å². The first-order chi connectivity index (χ1) is 12.2. The third kappa shape index (κ3) is 5.49. The molecule has 0 aromatic carbocycles. The van der Waals surface area contributed by atoms with E-state index < -0.39 is 0 Å². The van der Waals surface area contributed by atoms with Crippen molar-refractivity contribution in [2.24, 2.45) is 40.9 Å². The van der Waals surface area contributed by atoms with Crippen LogP contribution in [0.2, 0.25) is 0 Å². The number of unbranched alkanes of at least 4 members (excludes halogenated alkanes) is 3. The van der Waals surface area contributed by atoms with Gasteiger partial charge in [-0.25, -0.2) is 0 Å². The van der Waals surface area contributed by atoms with Gasteiger partial charge in [-0.1, -0.05) is 78.0 Å². The van der Waals surface area contributed by atoms with E-state index in [1.807, 2.05) is 5.57 Å². The molecule has 0 heterocycles. The SMILES string of the molecule is C=C(C)CC1CC1C(=CC(C)C1CC1(C)C(C)C(C)C)CCCCCC. The van der Waals surface area contributed by atoms with Crippen LogP contribution in [0.25, 0.3) is 0 Å². The highest BCUT2D eigenvalue weighted by Crippen LogP contribution is 2.63. The zero-order valence-electron chi connectivity index (χ0n) is 18.9. The minimum atomic E-state index is 0.581. The van der Waals surface area contributed by atoms with E-state index in [-0.39, 0.29) is 0 Å². The summed E-state index contributed by atoms with van der Waals surface area (Å²) >= 11 is 0. The summed E-state index contributed by atoms with van der Waals surface area (Å²) in [7, 11) is 0. The van der Waals surface area contributed by atoms with Crippen LogP contribution in [0.1, 0.15) is 99.8 Å². The summed E-state index contributed by atoms with van der Waals surface area (Å²) in [6.07, 6.45) is 13.7. The molecule has 0 nitrogen and oxygen atoms in total. The van der Waals surface area contributed by atoms with Gasteiger partial charge in [0.2, 0.25) is 0 Å². The van der Waals surface area contributed by atoms with Crippen molar-refractivity contribution in [2.75, 3.05) is 0 Å². The first-order valence-electron chi connectivity index (χ1n) is 11.6. The maximum atomic E-state index is 4.15. The van der Waals surface area contributed by atoms with E-state index >= 15 is 0 Å². The minimum Gasteiger partial charge on any atom is -0.100 e. The van der Waals surface area contributed by atoms with E-state index in [1.54, 1.807) is 0 Å². The molecule has 26 heavy (non-hydrogen) atoms. The summed E-state index contributed by atoms with van der Waals surface area (Å²) in [4.78, 5) is 0. The number of allylic oxidation sites excluding steroid dienone is 3. The maximum absolute atomic E-state index is 4.15. The van der Waals surface area contributed by atoms with Crippen LogP contribution in [0.5, 0.6) is 0 Å². The molecule has 2 rings (SSSR count). The highest BCUT2D eigenvalue weighted by Gasteiger charge is 2.55. The summed E-state index contributed by atoms with van der Waals surface area (Å²) < 4.78 is 0. The van der Waals surface area contributed by atoms with Crippen molar-refractivity contribution in [3.63, 3.8) is 0 Å². The van der Waals surface area contributed by atoms with Crippen LogP contribution in [0.3, 0.4) is 0 Å². The fraction of sp³-hybridized carbons (Fsp3) is 0.846. The van der Waals surface area contributed by atoms with Gasteiger partial charge in [0, 0.05) is 0 Å². The van der Waals surface area contributed by atoms with Crippen molar-refractivity contribution in [1.29, 1.82) is 0 Å². The van der Waals surface area contributed by atoms with Crippen molar-refractivity contribution < 1.29 is 0 Å². The molecule has 2 saturated carbocycles. The van der Waals surface area contributed by atoms with E-state index in [1.165, 1.54) is 56.9 Å². The standard InChI is InChI=1S/C26H46/c1-9-10-11-12-13-22(24-16-23(24)14-18(2)3)15-20(6)25-17-26(25,8)21(7)19(4)5/h15,19-21,23-25H,2,9-14,16-17H2,1,3-8H3. The molecule has 0 aliphatic heterocycles. The summed E-state index contributed by atoms with van der Waals surface area (Å²) in [6, 6.07) is 0. The number of hydrogen-bond donors (Lipinski definition) is 0. The number of hydrogen-bond acceptors (Lipinski definition) is 0. The van der Waals surface area contributed by atoms with E-state index in [0.717, 1.165) is 35.5 Å². The topological polar surface area (TPSA) is 0 Å². The quantitative estimate of drug-likeness (QED) is 0.242. The predicted molar refractivity (Wildman–Crippen MR) is 117 cm³/mol. The molecule has 0 bridgehead atoms. The molecule has 0 heteroatoms. The Morgan fingerprint density at radius 3 is 2.42 bits per heavy atom. The molecular weight excluding hydrogens is 312 g/mol. The summed E-state index contributed by atoms with van der Waals surface area (Å²) in [5.74, 6) is 5.09.